The van der Waals surface area contributed by atoms with E-state index in [1.807, 2.05) is 6.08 Å². The molecule has 0 spiro atoms. The number of halogens is 3. The molecule has 6 heteroatoms. The van der Waals surface area contributed by atoms with Crippen LogP contribution in [0.3, 0.4) is 0 Å². The minimum Gasteiger partial charge on any atom is -0.389 e. The van der Waals surface area contributed by atoms with Gasteiger partial charge >= 0.3 is 6.18 Å². The van der Waals surface area contributed by atoms with Crippen molar-refractivity contribution in [3.05, 3.63) is 11.6 Å². The Kier molecular flexibility index (Phi) is 2.73. The van der Waals surface area contributed by atoms with Crippen LogP contribution in [-0.2, 0) is 0 Å². The van der Waals surface area contributed by atoms with E-state index in [0.29, 0.717) is 12.8 Å². The number of fused-ring (bicyclic) bond motifs is 1. The maximum absolute atomic E-state index is 13.1. The Labute approximate surface area is 103 Å². The highest BCUT2D eigenvalue weighted by Crippen LogP contribution is 2.47. The van der Waals surface area contributed by atoms with E-state index >= 15 is 0 Å². The van der Waals surface area contributed by atoms with E-state index in [1.54, 1.807) is 4.90 Å². The molecule has 0 aromatic carbocycles. The molecule has 3 nitrogen and oxygen atoms in total. The van der Waals surface area contributed by atoms with Crippen molar-refractivity contribution in [1.29, 1.82) is 0 Å². The van der Waals surface area contributed by atoms with E-state index in [2.05, 4.69) is 0 Å². The van der Waals surface area contributed by atoms with Gasteiger partial charge in [-0.2, -0.15) is 13.2 Å². The number of hydrogen-bond donors (Lipinski definition) is 2. The summed E-state index contributed by atoms with van der Waals surface area (Å²) in [7, 11) is 0. The van der Waals surface area contributed by atoms with Crippen molar-refractivity contribution in [1.82, 2.24) is 4.90 Å². The smallest absolute Gasteiger partial charge is 0.389 e. The van der Waals surface area contributed by atoms with E-state index in [-0.39, 0.29) is 19.0 Å². The van der Waals surface area contributed by atoms with Gasteiger partial charge in [-0.3, -0.25) is 4.90 Å². The van der Waals surface area contributed by atoms with Crippen molar-refractivity contribution < 1.29 is 23.4 Å². The first-order valence-electron chi connectivity index (χ1n) is 6.27. The maximum Gasteiger partial charge on any atom is 0.393 e. The molecule has 18 heavy (non-hydrogen) atoms. The van der Waals surface area contributed by atoms with Crippen LogP contribution in [0, 0.1) is 5.92 Å². The highest BCUT2D eigenvalue weighted by atomic mass is 19.4. The predicted molar refractivity (Wildman–Crippen MR) is 57.8 cm³/mol. The third kappa shape index (κ3) is 1.87. The molecule has 0 saturated carbocycles. The molecule has 0 aromatic heterocycles. The molecule has 2 fully saturated rings. The Morgan fingerprint density at radius 2 is 1.89 bits per heavy atom. The van der Waals surface area contributed by atoms with E-state index < -0.39 is 30.3 Å². The summed E-state index contributed by atoms with van der Waals surface area (Å²) >= 11 is 0. The van der Waals surface area contributed by atoms with E-state index in [4.69, 9.17) is 0 Å². The SMILES string of the molecule is OC1CN2C(CCC(C(F)(F)F)C2C2=CC2)C1O. The van der Waals surface area contributed by atoms with Gasteiger partial charge in [0.15, 0.2) is 0 Å². The van der Waals surface area contributed by atoms with Crippen LogP contribution in [0.2, 0.25) is 0 Å². The van der Waals surface area contributed by atoms with Gasteiger partial charge in [0.05, 0.1) is 18.1 Å². The summed E-state index contributed by atoms with van der Waals surface area (Å²) in [6, 6.07) is -0.999. The summed E-state index contributed by atoms with van der Waals surface area (Å²) in [5, 5.41) is 19.5. The van der Waals surface area contributed by atoms with Gasteiger partial charge in [-0.05, 0) is 19.3 Å². The fourth-order valence-electron chi connectivity index (χ4n) is 3.42. The Balaban J connectivity index is 1.88. The number of alkyl halides is 3. The zero-order chi connectivity index (χ0) is 13.1. The quantitative estimate of drug-likeness (QED) is 0.695. The minimum atomic E-state index is -4.21. The Morgan fingerprint density at radius 1 is 1.22 bits per heavy atom. The first-order valence-corrected chi connectivity index (χ1v) is 6.27. The molecule has 5 unspecified atom stereocenters. The normalized spacial score (nSPS) is 44.7. The molecule has 102 valence electrons. The molecular weight excluding hydrogens is 247 g/mol. The maximum atomic E-state index is 13.1. The molecule has 2 heterocycles. The van der Waals surface area contributed by atoms with Gasteiger partial charge < -0.3 is 10.2 Å². The van der Waals surface area contributed by atoms with Crippen LogP contribution in [0.15, 0.2) is 11.6 Å². The highest BCUT2D eigenvalue weighted by Gasteiger charge is 2.56. The van der Waals surface area contributed by atoms with Gasteiger partial charge in [0.25, 0.3) is 0 Å². The van der Waals surface area contributed by atoms with Crippen LogP contribution in [0.5, 0.6) is 0 Å². The summed E-state index contributed by atoms with van der Waals surface area (Å²) in [5.74, 6) is -1.36. The third-order valence-corrected chi connectivity index (χ3v) is 4.36. The molecule has 0 bridgehead atoms. The van der Waals surface area contributed by atoms with Gasteiger partial charge in [0.1, 0.15) is 0 Å². The number of rotatable bonds is 1. The third-order valence-electron chi connectivity index (χ3n) is 4.36. The fourth-order valence-corrected chi connectivity index (χ4v) is 3.42. The number of piperidine rings is 1. The summed E-state index contributed by atoms with van der Waals surface area (Å²) in [6.07, 6.45) is -3.28. The van der Waals surface area contributed by atoms with Gasteiger partial charge in [-0.1, -0.05) is 11.6 Å². The average molecular weight is 263 g/mol. The van der Waals surface area contributed by atoms with Crippen molar-refractivity contribution >= 4 is 0 Å². The lowest BCUT2D eigenvalue weighted by molar-refractivity contribution is -0.200. The second-order valence-corrected chi connectivity index (χ2v) is 5.48. The van der Waals surface area contributed by atoms with Crippen LogP contribution in [0.1, 0.15) is 19.3 Å². The van der Waals surface area contributed by atoms with Crippen molar-refractivity contribution in [2.75, 3.05) is 6.54 Å². The van der Waals surface area contributed by atoms with Crippen LogP contribution in [0.25, 0.3) is 0 Å². The molecule has 1 aliphatic carbocycles. The predicted octanol–water partition coefficient (Wildman–Crippen LogP) is 1.06. The number of aliphatic hydroxyl groups is 2. The van der Waals surface area contributed by atoms with Crippen LogP contribution in [-0.4, -0.2) is 52.1 Å². The van der Waals surface area contributed by atoms with Crippen LogP contribution in [0.4, 0.5) is 13.2 Å². The largest absolute Gasteiger partial charge is 0.393 e. The van der Waals surface area contributed by atoms with Gasteiger partial charge in [-0.25, -0.2) is 0 Å². The summed E-state index contributed by atoms with van der Waals surface area (Å²) in [4.78, 5) is 1.66. The summed E-state index contributed by atoms with van der Waals surface area (Å²) < 4.78 is 39.2. The van der Waals surface area contributed by atoms with Crippen LogP contribution < -0.4 is 0 Å². The lowest BCUT2D eigenvalue weighted by atomic mass is 9.83. The molecule has 3 rings (SSSR count). The Morgan fingerprint density at radius 3 is 2.44 bits per heavy atom. The van der Waals surface area contributed by atoms with Gasteiger partial charge in [0, 0.05) is 18.6 Å². The zero-order valence-electron chi connectivity index (χ0n) is 9.77. The summed E-state index contributed by atoms with van der Waals surface area (Å²) in [6.45, 7) is 0.139. The number of aliphatic hydroxyl groups excluding tert-OH is 2. The van der Waals surface area contributed by atoms with Gasteiger partial charge in [0.2, 0.25) is 0 Å². The summed E-state index contributed by atoms with van der Waals surface area (Å²) in [5.41, 5.74) is 0.809. The molecule has 3 aliphatic rings. The van der Waals surface area contributed by atoms with Crippen molar-refractivity contribution in [2.24, 2.45) is 5.92 Å². The second-order valence-electron chi connectivity index (χ2n) is 5.48. The lowest BCUT2D eigenvalue weighted by Crippen LogP contribution is -2.53. The van der Waals surface area contributed by atoms with E-state index in [1.165, 1.54) is 0 Å². The lowest BCUT2D eigenvalue weighted by Gasteiger charge is -2.43. The fraction of sp³-hybridized carbons (Fsp3) is 0.833. The molecule has 2 aliphatic heterocycles. The minimum absolute atomic E-state index is 0.0381. The van der Waals surface area contributed by atoms with Crippen molar-refractivity contribution in [2.45, 2.75) is 49.7 Å². The van der Waals surface area contributed by atoms with E-state index in [0.717, 1.165) is 5.57 Å². The molecule has 2 N–H and O–H groups in total. The Bertz CT molecular complexity index is 382. The number of nitrogens with zero attached hydrogens (tertiary/aromatic N) is 1. The van der Waals surface area contributed by atoms with Crippen molar-refractivity contribution in [3.8, 4) is 0 Å². The Hall–Kier alpha value is -0.590. The highest BCUT2D eigenvalue weighted by molar-refractivity contribution is 5.31. The van der Waals surface area contributed by atoms with E-state index in [9.17, 15) is 23.4 Å². The number of hydrogen-bond acceptors (Lipinski definition) is 3. The zero-order valence-corrected chi connectivity index (χ0v) is 9.77. The molecular formula is C12H16F3NO2. The molecule has 5 atom stereocenters. The average Bonchev–Trinajstić information content (AvgIpc) is 3.06. The van der Waals surface area contributed by atoms with Gasteiger partial charge in [-0.15, -0.1) is 0 Å². The first kappa shape index (κ1) is 12.4. The number of allylic oxidation sites excluding steroid dienone is 1. The standard InChI is InChI=1S/C12H16F3NO2/c13-12(14,15)7-3-4-8-11(18)9(17)5-16(8)10(7)6-1-2-6/h1,7-11,17-18H,2-5H2. The van der Waals surface area contributed by atoms with Crippen molar-refractivity contribution in [3.63, 3.8) is 0 Å². The monoisotopic (exact) mass is 263 g/mol. The first-order chi connectivity index (χ1) is 8.39. The molecule has 0 radical (unpaired) electrons. The molecule has 2 saturated heterocycles. The second kappa shape index (κ2) is 3.95. The molecule has 0 amide bonds. The molecule has 0 aromatic rings. The topological polar surface area (TPSA) is 43.7 Å². The van der Waals surface area contributed by atoms with Crippen LogP contribution >= 0.6 is 0 Å².